The average molecular weight is 325 g/mol. The lowest BCUT2D eigenvalue weighted by atomic mass is 9.84. The second kappa shape index (κ2) is 7.36. The third-order valence-electron chi connectivity index (χ3n) is 3.55. The predicted octanol–water partition coefficient (Wildman–Crippen LogP) is 3.22. The molecule has 1 aromatic carbocycles. The molecule has 1 heterocycles. The first-order chi connectivity index (χ1) is 11.3. The Balaban J connectivity index is 2.36. The molecule has 0 amide bonds. The van der Waals surface area contributed by atoms with Crippen LogP contribution < -0.4 is 5.73 Å². The predicted molar refractivity (Wildman–Crippen MR) is 94.0 cm³/mol. The van der Waals surface area contributed by atoms with Crippen molar-refractivity contribution in [2.24, 2.45) is 5.73 Å². The second-order valence-electron chi connectivity index (χ2n) is 6.23. The van der Waals surface area contributed by atoms with Crippen molar-refractivity contribution >= 4 is 5.97 Å². The number of aromatic nitrogens is 2. The molecule has 0 bridgehead atoms. The van der Waals surface area contributed by atoms with Crippen LogP contribution in [0.3, 0.4) is 0 Å². The summed E-state index contributed by atoms with van der Waals surface area (Å²) in [4.78, 5) is 20.9. The lowest BCUT2D eigenvalue weighted by Gasteiger charge is -2.29. The quantitative estimate of drug-likeness (QED) is 0.652. The van der Waals surface area contributed by atoms with Gasteiger partial charge in [-0.25, -0.2) is 4.79 Å². The fourth-order valence-electron chi connectivity index (χ4n) is 2.47. The number of nitrogens with two attached hydrogens (primary N) is 1. The summed E-state index contributed by atoms with van der Waals surface area (Å²) in [6.07, 6.45) is 5.04. The molecule has 0 unspecified atom stereocenters. The smallest absolute Gasteiger partial charge is 0.331 e. The van der Waals surface area contributed by atoms with Gasteiger partial charge in [-0.1, -0.05) is 29.8 Å². The maximum atomic E-state index is 12.6. The normalized spacial score (nSPS) is 13.4. The van der Waals surface area contributed by atoms with E-state index < -0.39 is 11.5 Å². The molecule has 2 N–H and O–H groups in total. The van der Waals surface area contributed by atoms with Crippen molar-refractivity contribution in [1.82, 2.24) is 9.97 Å². The van der Waals surface area contributed by atoms with Gasteiger partial charge in [-0.3, -0.25) is 9.97 Å². The van der Waals surface area contributed by atoms with Crippen molar-refractivity contribution in [2.75, 3.05) is 0 Å². The van der Waals surface area contributed by atoms with Crippen LogP contribution in [0.15, 0.2) is 55.0 Å². The van der Waals surface area contributed by atoms with Gasteiger partial charge in [-0.2, -0.15) is 0 Å². The van der Waals surface area contributed by atoms with Crippen molar-refractivity contribution in [2.45, 2.75) is 38.8 Å². The highest BCUT2D eigenvalue weighted by Crippen LogP contribution is 2.29. The summed E-state index contributed by atoms with van der Waals surface area (Å²) in [5, 5.41) is 0. The third-order valence-corrected chi connectivity index (χ3v) is 3.55. The van der Waals surface area contributed by atoms with Gasteiger partial charge >= 0.3 is 5.97 Å². The van der Waals surface area contributed by atoms with Crippen LogP contribution in [0.1, 0.15) is 32.8 Å². The number of ether oxygens (including phenoxy) is 1. The highest BCUT2D eigenvalue weighted by atomic mass is 16.5. The van der Waals surface area contributed by atoms with Crippen LogP contribution >= 0.6 is 0 Å². The Labute approximate surface area is 142 Å². The topological polar surface area (TPSA) is 78.1 Å². The van der Waals surface area contributed by atoms with E-state index in [0.717, 1.165) is 16.8 Å². The van der Waals surface area contributed by atoms with E-state index in [1.165, 1.54) is 0 Å². The second-order valence-corrected chi connectivity index (χ2v) is 6.23. The fourth-order valence-corrected chi connectivity index (χ4v) is 2.47. The maximum Gasteiger partial charge on any atom is 0.331 e. The van der Waals surface area contributed by atoms with Gasteiger partial charge in [0, 0.05) is 24.4 Å². The summed E-state index contributed by atoms with van der Waals surface area (Å²) >= 11 is 0. The van der Waals surface area contributed by atoms with E-state index in [1.54, 1.807) is 32.4 Å². The molecule has 126 valence electrons. The third kappa shape index (κ3) is 4.06. The van der Waals surface area contributed by atoms with E-state index in [9.17, 15) is 4.79 Å². The van der Waals surface area contributed by atoms with Crippen molar-refractivity contribution in [3.8, 4) is 11.3 Å². The molecule has 0 aliphatic rings. The molecule has 1 aromatic heterocycles. The van der Waals surface area contributed by atoms with Gasteiger partial charge in [-0.15, -0.1) is 6.58 Å². The summed E-state index contributed by atoms with van der Waals surface area (Å²) in [6.45, 7) is 9.34. The fraction of sp³-hybridized carbons (Fsp3) is 0.316. The van der Waals surface area contributed by atoms with E-state index in [1.807, 2.05) is 31.2 Å². The van der Waals surface area contributed by atoms with Crippen LogP contribution in [0.5, 0.6) is 0 Å². The zero-order valence-electron chi connectivity index (χ0n) is 14.3. The van der Waals surface area contributed by atoms with Gasteiger partial charge in [0.1, 0.15) is 5.54 Å². The molecule has 2 rings (SSSR count). The highest BCUT2D eigenvalue weighted by Gasteiger charge is 2.38. The molecule has 5 nitrogen and oxygen atoms in total. The Morgan fingerprint density at radius 3 is 2.46 bits per heavy atom. The Morgan fingerprint density at radius 1 is 1.29 bits per heavy atom. The van der Waals surface area contributed by atoms with Crippen LogP contribution in [0.25, 0.3) is 11.3 Å². The monoisotopic (exact) mass is 325 g/mol. The van der Waals surface area contributed by atoms with Crippen LogP contribution in [0, 0.1) is 0 Å². The number of benzene rings is 1. The zero-order valence-corrected chi connectivity index (χ0v) is 14.3. The van der Waals surface area contributed by atoms with Crippen molar-refractivity contribution in [1.29, 1.82) is 0 Å². The largest absolute Gasteiger partial charge is 0.461 e. The number of carbonyl (C=O) groups is 1. The summed E-state index contributed by atoms with van der Waals surface area (Å²) in [6, 6.07) is 7.41. The summed E-state index contributed by atoms with van der Waals surface area (Å²) in [5.41, 5.74) is 8.35. The number of hydrogen-bond acceptors (Lipinski definition) is 5. The van der Waals surface area contributed by atoms with Gasteiger partial charge in [0.05, 0.1) is 18.0 Å². The number of nitrogens with zero attached hydrogens (tertiary/aromatic N) is 2. The number of rotatable bonds is 6. The molecule has 0 aliphatic carbocycles. The standard InChI is InChI=1S/C19H23N3O2/c1-13(2)11-19(20,18(23)24-14(3)4)16-7-5-15(6-8-16)17-12-21-9-10-22-17/h5-10,12,14H,1,11,20H2,2-4H3/t19-/m1/s1. The number of esters is 1. The molecule has 0 radical (unpaired) electrons. The van der Waals surface area contributed by atoms with Crippen LogP contribution in [-0.4, -0.2) is 22.0 Å². The van der Waals surface area contributed by atoms with E-state index in [2.05, 4.69) is 16.5 Å². The van der Waals surface area contributed by atoms with E-state index in [4.69, 9.17) is 10.5 Å². The van der Waals surface area contributed by atoms with Gasteiger partial charge in [0.2, 0.25) is 0 Å². The van der Waals surface area contributed by atoms with Gasteiger partial charge in [-0.05, 0) is 26.3 Å². The first-order valence-corrected chi connectivity index (χ1v) is 7.84. The first kappa shape index (κ1) is 17.8. The molecule has 1 atom stereocenters. The molecule has 5 heteroatoms. The molecule has 0 saturated heterocycles. The molecule has 0 spiro atoms. The molecular weight excluding hydrogens is 302 g/mol. The lowest BCUT2D eigenvalue weighted by molar-refractivity contribution is -0.154. The van der Waals surface area contributed by atoms with E-state index in [-0.39, 0.29) is 6.10 Å². The van der Waals surface area contributed by atoms with Crippen molar-refractivity contribution in [3.63, 3.8) is 0 Å². The molecular formula is C19H23N3O2. The minimum Gasteiger partial charge on any atom is -0.461 e. The van der Waals surface area contributed by atoms with Crippen molar-refractivity contribution < 1.29 is 9.53 Å². The van der Waals surface area contributed by atoms with Gasteiger partial charge in [0.25, 0.3) is 0 Å². The summed E-state index contributed by atoms with van der Waals surface area (Å²) < 4.78 is 5.36. The van der Waals surface area contributed by atoms with E-state index >= 15 is 0 Å². The molecule has 0 saturated carbocycles. The first-order valence-electron chi connectivity index (χ1n) is 7.84. The number of carbonyl (C=O) groups excluding carboxylic acids is 1. The zero-order chi connectivity index (χ0) is 17.7. The molecule has 0 fully saturated rings. The average Bonchev–Trinajstić information content (AvgIpc) is 2.54. The Morgan fingerprint density at radius 2 is 1.96 bits per heavy atom. The SMILES string of the molecule is C=C(C)C[C@](N)(C(=O)OC(C)C)c1ccc(-c2cnccn2)cc1. The number of hydrogen-bond donors (Lipinski definition) is 1. The van der Waals surface area contributed by atoms with Crippen LogP contribution in [0.2, 0.25) is 0 Å². The maximum absolute atomic E-state index is 12.6. The Hall–Kier alpha value is -2.53. The molecule has 0 aliphatic heterocycles. The van der Waals surface area contributed by atoms with Gasteiger partial charge in [0.15, 0.2) is 0 Å². The van der Waals surface area contributed by atoms with Crippen LogP contribution in [-0.2, 0) is 15.1 Å². The highest BCUT2D eigenvalue weighted by molar-refractivity contribution is 5.83. The minimum absolute atomic E-state index is 0.232. The minimum atomic E-state index is -1.25. The molecule has 2 aromatic rings. The summed E-state index contributed by atoms with van der Waals surface area (Å²) in [5.74, 6) is -0.451. The Bertz CT molecular complexity index is 711. The molecule has 24 heavy (non-hydrogen) atoms. The van der Waals surface area contributed by atoms with Gasteiger partial charge < -0.3 is 10.5 Å². The summed E-state index contributed by atoms with van der Waals surface area (Å²) in [7, 11) is 0. The lowest BCUT2D eigenvalue weighted by Crippen LogP contribution is -2.47. The van der Waals surface area contributed by atoms with Crippen LogP contribution in [0.4, 0.5) is 0 Å². The van der Waals surface area contributed by atoms with E-state index in [0.29, 0.717) is 12.0 Å². The Kier molecular flexibility index (Phi) is 5.46. The van der Waals surface area contributed by atoms with Crippen molar-refractivity contribution in [3.05, 3.63) is 60.6 Å².